The van der Waals surface area contributed by atoms with Gasteiger partial charge in [-0.05, 0) is 63.9 Å². The lowest BCUT2D eigenvalue weighted by Gasteiger charge is -2.34. The standard InChI is InChI=1S/C22H33Cl2FOSi/c1-7-27(8-2,9-3)26-20(13-11-10-12-14-22(4,5)6)21-18(23)15-17(25)16-19(21)24/h15-16,20H,7-11,13H2,1-6H3. The SMILES string of the molecule is CC[Si](CC)(CC)OC(CCCC#CC(C)(C)C)c1c(Cl)cc(F)cc1Cl. The second-order valence-electron chi connectivity index (χ2n) is 8.08. The Morgan fingerprint density at radius 2 is 1.59 bits per heavy atom. The van der Waals surface area contributed by atoms with E-state index in [-0.39, 0.29) is 11.5 Å². The average molecular weight is 431 g/mol. The molecule has 1 aromatic carbocycles. The molecule has 0 N–H and O–H groups in total. The molecule has 1 atom stereocenters. The third-order valence-corrected chi connectivity index (χ3v) is 10.2. The minimum Gasteiger partial charge on any atom is -0.410 e. The van der Waals surface area contributed by atoms with Gasteiger partial charge >= 0.3 is 0 Å². The fraction of sp³-hybridized carbons (Fsp3) is 0.636. The van der Waals surface area contributed by atoms with E-state index in [0.29, 0.717) is 10.0 Å². The van der Waals surface area contributed by atoms with E-state index in [0.717, 1.165) is 43.0 Å². The molecule has 1 unspecified atom stereocenters. The molecule has 152 valence electrons. The van der Waals surface area contributed by atoms with Gasteiger partial charge in [0.1, 0.15) is 5.82 Å². The molecule has 0 spiro atoms. The summed E-state index contributed by atoms with van der Waals surface area (Å²) in [5, 5.41) is 0.689. The summed E-state index contributed by atoms with van der Waals surface area (Å²) in [5.74, 6) is 6.10. The van der Waals surface area contributed by atoms with E-state index < -0.39 is 14.1 Å². The smallest absolute Gasteiger partial charge is 0.192 e. The predicted octanol–water partition coefficient (Wildman–Crippen LogP) is 8.42. The van der Waals surface area contributed by atoms with Crippen molar-refractivity contribution in [3.8, 4) is 11.8 Å². The maximum atomic E-state index is 13.7. The van der Waals surface area contributed by atoms with Crippen LogP contribution in [0.3, 0.4) is 0 Å². The van der Waals surface area contributed by atoms with Crippen LogP contribution in [0.2, 0.25) is 28.2 Å². The first-order chi connectivity index (χ1) is 12.6. The molecule has 0 aliphatic heterocycles. The highest BCUT2D eigenvalue weighted by Gasteiger charge is 2.34. The average Bonchev–Trinajstić information content (AvgIpc) is 2.57. The highest BCUT2D eigenvalue weighted by Crippen LogP contribution is 2.39. The Morgan fingerprint density at radius 3 is 2.04 bits per heavy atom. The van der Waals surface area contributed by atoms with Crippen LogP contribution in [0.5, 0.6) is 0 Å². The van der Waals surface area contributed by atoms with E-state index in [1.165, 1.54) is 12.1 Å². The van der Waals surface area contributed by atoms with E-state index in [1.54, 1.807) is 0 Å². The van der Waals surface area contributed by atoms with Gasteiger partial charge < -0.3 is 4.43 Å². The number of unbranched alkanes of at least 4 members (excludes halogenated alkanes) is 1. The summed E-state index contributed by atoms with van der Waals surface area (Å²) in [6.07, 6.45) is 2.25. The van der Waals surface area contributed by atoms with Crippen LogP contribution in [0.4, 0.5) is 4.39 Å². The van der Waals surface area contributed by atoms with E-state index in [4.69, 9.17) is 27.6 Å². The summed E-state index contributed by atoms with van der Waals surface area (Å²) in [6.45, 7) is 12.9. The van der Waals surface area contributed by atoms with Gasteiger partial charge in [0.15, 0.2) is 8.32 Å². The summed E-state index contributed by atoms with van der Waals surface area (Å²) < 4.78 is 20.4. The fourth-order valence-corrected chi connectivity index (χ4v) is 6.67. The van der Waals surface area contributed by atoms with Gasteiger partial charge in [-0.25, -0.2) is 4.39 Å². The Morgan fingerprint density at radius 1 is 1.07 bits per heavy atom. The Hall–Kier alpha value is -0.533. The van der Waals surface area contributed by atoms with Crippen molar-refractivity contribution in [3.05, 3.63) is 33.6 Å². The van der Waals surface area contributed by atoms with Crippen molar-refractivity contribution < 1.29 is 8.82 Å². The number of halogens is 3. The van der Waals surface area contributed by atoms with E-state index >= 15 is 0 Å². The van der Waals surface area contributed by atoms with E-state index in [1.807, 2.05) is 0 Å². The second kappa shape index (κ2) is 10.9. The Kier molecular flexibility index (Phi) is 9.86. The zero-order valence-corrected chi connectivity index (χ0v) is 20.0. The molecule has 0 heterocycles. The fourth-order valence-electron chi connectivity index (χ4n) is 3.13. The van der Waals surface area contributed by atoms with Crippen LogP contribution in [-0.2, 0) is 4.43 Å². The van der Waals surface area contributed by atoms with E-state index in [9.17, 15) is 4.39 Å². The Labute approximate surface area is 176 Å². The van der Waals surface area contributed by atoms with Gasteiger partial charge in [0.25, 0.3) is 0 Å². The quantitative estimate of drug-likeness (QED) is 0.217. The first kappa shape index (κ1) is 24.5. The van der Waals surface area contributed by atoms with Gasteiger partial charge in [-0.3, -0.25) is 0 Å². The molecule has 1 nitrogen and oxygen atoms in total. The highest BCUT2D eigenvalue weighted by atomic mass is 35.5. The van der Waals surface area contributed by atoms with Crippen molar-refractivity contribution in [3.63, 3.8) is 0 Å². The summed E-state index contributed by atoms with van der Waals surface area (Å²) in [5.41, 5.74) is 0.726. The van der Waals surface area contributed by atoms with E-state index in [2.05, 4.69) is 53.4 Å². The van der Waals surface area contributed by atoms with Crippen molar-refractivity contribution >= 4 is 31.5 Å². The van der Waals surface area contributed by atoms with Crippen LogP contribution in [0.15, 0.2) is 12.1 Å². The number of hydrogen-bond donors (Lipinski definition) is 0. The molecule has 0 aliphatic carbocycles. The monoisotopic (exact) mass is 430 g/mol. The summed E-state index contributed by atoms with van der Waals surface area (Å²) in [4.78, 5) is 0. The number of hydrogen-bond acceptors (Lipinski definition) is 1. The largest absolute Gasteiger partial charge is 0.410 e. The molecule has 0 saturated carbocycles. The van der Waals surface area contributed by atoms with Crippen LogP contribution in [0.1, 0.15) is 72.5 Å². The summed E-state index contributed by atoms with van der Waals surface area (Å²) in [7, 11) is -1.87. The van der Waals surface area contributed by atoms with Gasteiger partial charge in [-0.1, -0.05) is 49.9 Å². The third-order valence-electron chi connectivity index (χ3n) is 4.92. The van der Waals surface area contributed by atoms with Gasteiger partial charge in [0.05, 0.1) is 16.1 Å². The molecule has 0 aromatic heterocycles. The molecule has 27 heavy (non-hydrogen) atoms. The van der Waals surface area contributed by atoms with Gasteiger partial charge in [-0.15, -0.1) is 5.92 Å². The second-order valence-corrected chi connectivity index (χ2v) is 13.6. The first-order valence-corrected chi connectivity index (χ1v) is 13.2. The van der Waals surface area contributed by atoms with Crippen molar-refractivity contribution in [1.82, 2.24) is 0 Å². The predicted molar refractivity (Wildman–Crippen MR) is 119 cm³/mol. The summed E-state index contributed by atoms with van der Waals surface area (Å²) >= 11 is 12.7. The Balaban J connectivity index is 3.08. The molecule has 0 fully saturated rings. The molecule has 0 radical (unpaired) electrons. The molecule has 1 aromatic rings. The third kappa shape index (κ3) is 7.78. The molecular formula is C22H33Cl2FOSi. The maximum Gasteiger partial charge on any atom is 0.192 e. The molecule has 5 heteroatoms. The van der Waals surface area contributed by atoms with Crippen LogP contribution in [0.25, 0.3) is 0 Å². The zero-order chi connectivity index (χ0) is 20.7. The minimum absolute atomic E-state index is 0.00811. The van der Waals surface area contributed by atoms with Crippen molar-refractivity contribution in [2.75, 3.05) is 0 Å². The number of benzene rings is 1. The summed E-state index contributed by atoms with van der Waals surface area (Å²) in [6, 6.07) is 5.77. The van der Waals surface area contributed by atoms with Crippen LogP contribution in [-0.4, -0.2) is 8.32 Å². The lowest BCUT2D eigenvalue weighted by atomic mass is 9.97. The molecular weight excluding hydrogens is 398 g/mol. The topological polar surface area (TPSA) is 9.23 Å². The lowest BCUT2D eigenvalue weighted by molar-refractivity contribution is 0.177. The van der Waals surface area contributed by atoms with Crippen molar-refractivity contribution in [2.24, 2.45) is 5.41 Å². The lowest BCUT2D eigenvalue weighted by Crippen LogP contribution is -2.37. The van der Waals surface area contributed by atoms with Gasteiger partial charge in [0.2, 0.25) is 0 Å². The molecule has 0 saturated heterocycles. The molecule has 0 aliphatic rings. The zero-order valence-electron chi connectivity index (χ0n) is 17.5. The van der Waals surface area contributed by atoms with Crippen LogP contribution < -0.4 is 0 Å². The molecule has 1 rings (SSSR count). The molecule has 0 amide bonds. The highest BCUT2D eigenvalue weighted by molar-refractivity contribution is 6.73. The molecule has 0 bridgehead atoms. The maximum absolute atomic E-state index is 13.7. The van der Waals surface area contributed by atoms with Gasteiger partial charge in [0, 0.05) is 17.4 Å². The first-order valence-electron chi connectivity index (χ1n) is 9.89. The normalized spacial score (nSPS) is 13.2. The van der Waals surface area contributed by atoms with Crippen LogP contribution >= 0.6 is 23.2 Å². The minimum atomic E-state index is -1.87. The van der Waals surface area contributed by atoms with Gasteiger partial charge in [-0.2, -0.15) is 0 Å². The number of rotatable bonds is 9. The Bertz CT molecular complexity index is 638. The van der Waals surface area contributed by atoms with Crippen molar-refractivity contribution in [1.29, 1.82) is 0 Å². The van der Waals surface area contributed by atoms with Crippen molar-refractivity contribution in [2.45, 2.75) is 85.0 Å². The van der Waals surface area contributed by atoms with Crippen LogP contribution in [0, 0.1) is 23.1 Å².